The van der Waals surface area contributed by atoms with Gasteiger partial charge in [0.25, 0.3) is 0 Å². The molecule has 0 spiro atoms. The summed E-state index contributed by atoms with van der Waals surface area (Å²) in [5.74, 6) is -0.373. The van der Waals surface area contributed by atoms with Gasteiger partial charge in [0.2, 0.25) is 24.1 Å². The Kier molecular flexibility index (Phi) is 9.54. The smallest absolute Gasteiger partial charge is 0.247 e. The molecule has 0 aromatic heterocycles. The molecule has 0 saturated carbocycles. The molecule has 6 atom stereocenters. The highest BCUT2D eigenvalue weighted by atomic mass is 16.5. The van der Waals surface area contributed by atoms with Crippen molar-refractivity contribution in [3.63, 3.8) is 0 Å². The standard InChI is InChI=1S/C27H38N4O6/c1-6-16(3)22-25(33)28-12-10-18-14-19(8-9-20(18)36-5)37-21-11-13-31(24(21)26(34)30-22)27(35)23(29-15-32)17(4)7-2/h8-10,12,14-17,21-24H,6-7,11,13H2,1-5H3,(H,28,33)(H,29,32)(H,30,34). The highest BCUT2D eigenvalue weighted by Crippen LogP contribution is 2.30. The SMILES string of the molecule is CCC(C)C1NC(=O)C2C(CCN2C(=O)C(NC=O)C(C)CC)Oc2ccc(OC)c(c2)C=CNC1=O. The van der Waals surface area contributed by atoms with Crippen LogP contribution in [-0.4, -0.2) is 66.9 Å². The number of amides is 4. The molecule has 1 fully saturated rings. The monoisotopic (exact) mass is 514 g/mol. The molecule has 1 saturated heterocycles. The Labute approximate surface area is 218 Å². The van der Waals surface area contributed by atoms with Crippen molar-refractivity contribution in [2.45, 2.75) is 71.2 Å². The van der Waals surface area contributed by atoms with Gasteiger partial charge in [-0.25, -0.2) is 0 Å². The first kappa shape index (κ1) is 28.0. The molecule has 202 valence electrons. The minimum atomic E-state index is -0.980. The number of nitrogens with zero attached hydrogens (tertiary/aromatic N) is 1. The summed E-state index contributed by atoms with van der Waals surface area (Å²) in [5, 5.41) is 8.27. The zero-order valence-electron chi connectivity index (χ0n) is 22.2. The van der Waals surface area contributed by atoms with Crippen LogP contribution in [0.15, 0.2) is 24.4 Å². The molecule has 6 unspecified atom stereocenters. The van der Waals surface area contributed by atoms with Crippen molar-refractivity contribution < 1.29 is 28.7 Å². The molecule has 2 bridgehead atoms. The zero-order chi connectivity index (χ0) is 27.1. The maximum Gasteiger partial charge on any atom is 0.247 e. The number of hydrogen-bond donors (Lipinski definition) is 3. The van der Waals surface area contributed by atoms with Crippen molar-refractivity contribution in [1.29, 1.82) is 0 Å². The van der Waals surface area contributed by atoms with Crippen LogP contribution >= 0.6 is 0 Å². The van der Waals surface area contributed by atoms with Crippen molar-refractivity contribution >= 4 is 30.2 Å². The van der Waals surface area contributed by atoms with Gasteiger partial charge in [0, 0.05) is 24.7 Å². The third-order valence-electron chi connectivity index (χ3n) is 7.39. The van der Waals surface area contributed by atoms with E-state index in [2.05, 4.69) is 16.0 Å². The molecule has 3 rings (SSSR count). The molecule has 2 aliphatic heterocycles. The number of carbonyl (C=O) groups is 4. The number of likely N-dealkylation sites (tertiary alicyclic amines) is 1. The van der Waals surface area contributed by atoms with E-state index in [-0.39, 0.29) is 30.2 Å². The van der Waals surface area contributed by atoms with Gasteiger partial charge in [-0.1, -0.05) is 40.5 Å². The average molecular weight is 515 g/mol. The maximum atomic E-state index is 13.7. The van der Waals surface area contributed by atoms with E-state index in [0.29, 0.717) is 42.7 Å². The first-order chi connectivity index (χ1) is 17.7. The first-order valence-corrected chi connectivity index (χ1v) is 12.9. The number of rotatable bonds is 8. The number of methoxy groups -OCH3 is 1. The van der Waals surface area contributed by atoms with Crippen LogP contribution in [0.1, 0.15) is 52.5 Å². The van der Waals surface area contributed by atoms with Gasteiger partial charge in [-0.15, -0.1) is 0 Å². The quantitative estimate of drug-likeness (QED) is 0.455. The van der Waals surface area contributed by atoms with E-state index in [1.54, 1.807) is 31.4 Å². The topological polar surface area (TPSA) is 126 Å². The largest absolute Gasteiger partial charge is 0.496 e. The lowest BCUT2D eigenvalue weighted by molar-refractivity contribution is -0.144. The van der Waals surface area contributed by atoms with Gasteiger partial charge in [0.1, 0.15) is 35.7 Å². The summed E-state index contributed by atoms with van der Waals surface area (Å²) in [7, 11) is 1.55. The van der Waals surface area contributed by atoms with Crippen LogP contribution in [-0.2, 0) is 19.2 Å². The van der Waals surface area contributed by atoms with E-state index in [1.165, 1.54) is 11.1 Å². The Bertz CT molecular complexity index is 1030. The lowest BCUT2D eigenvalue weighted by Crippen LogP contribution is -2.60. The summed E-state index contributed by atoms with van der Waals surface area (Å²) in [5.41, 5.74) is 0.688. The predicted octanol–water partition coefficient (Wildman–Crippen LogP) is 1.84. The number of nitrogens with one attached hydrogen (secondary N) is 3. The van der Waals surface area contributed by atoms with Crippen LogP contribution in [0.4, 0.5) is 0 Å². The molecule has 1 aromatic carbocycles. The maximum absolute atomic E-state index is 13.7. The number of carbonyl (C=O) groups excluding carboxylic acids is 4. The Morgan fingerprint density at radius 2 is 2.00 bits per heavy atom. The van der Waals surface area contributed by atoms with Crippen LogP contribution in [0.2, 0.25) is 0 Å². The molecule has 10 nitrogen and oxygen atoms in total. The minimum absolute atomic E-state index is 0.135. The van der Waals surface area contributed by atoms with Crippen LogP contribution in [0.25, 0.3) is 6.08 Å². The van der Waals surface area contributed by atoms with Crippen LogP contribution in [0, 0.1) is 11.8 Å². The molecule has 2 heterocycles. The molecule has 0 radical (unpaired) electrons. The number of hydrogen-bond acceptors (Lipinski definition) is 6. The normalized spacial score (nSPS) is 24.0. The lowest BCUT2D eigenvalue weighted by Gasteiger charge is -2.33. The zero-order valence-corrected chi connectivity index (χ0v) is 22.2. The lowest BCUT2D eigenvalue weighted by atomic mass is 9.96. The van der Waals surface area contributed by atoms with Gasteiger partial charge in [0.05, 0.1) is 7.11 Å². The van der Waals surface area contributed by atoms with Gasteiger partial charge >= 0.3 is 0 Å². The molecular weight excluding hydrogens is 476 g/mol. The van der Waals surface area contributed by atoms with E-state index in [1.807, 2.05) is 27.7 Å². The summed E-state index contributed by atoms with van der Waals surface area (Å²) in [6, 6.07) is 2.69. The van der Waals surface area contributed by atoms with Crippen LogP contribution in [0.3, 0.4) is 0 Å². The average Bonchev–Trinajstić information content (AvgIpc) is 3.32. The molecule has 37 heavy (non-hydrogen) atoms. The molecule has 2 aliphatic rings. The Hall–Kier alpha value is -3.56. The second-order valence-corrected chi connectivity index (χ2v) is 9.69. The van der Waals surface area contributed by atoms with Crippen LogP contribution in [0.5, 0.6) is 11.5 Å². The van der Waals surface area contributed by atoms with E-state index >= 15 is 0 Å². The molecule has 0 aliphatic carbocycles. The second-order valence-electron chi connectivity index (χ2n) is 9.69. The fourth-order valence-corrected chi connectivity index (χ4v) is 4.75. The van der Waals surface area contributed by atoms with Crippen molar-refractivity contribution in [3.05, 3.63) is 30.0 Å². The van der Waals surface area contributed by atoms with Crippen molar-refractivity contribution in [3.8, 4) is 11.5 Å². The summed E-state index contributed by atoms with van der Waals surface area (Å²) >= 11 is 0. The van der Waals surface area contributed by atoms with E-state index in [0.717, 1.165) is 0 Å². The van der Waals surface area contributed by atoms with Gasteiger partial charge in [0.15, 0.2) is 0 Å². The van der Waals surface area contributed by atoms with E-state index < -0.39 is 30.1 Å². The van der Waals surface area contributed by atoms with Gasteiger partial charge in [-0.2, -0.15) is 0 Å². The Morgan fingerprint density at radius 3 is 2.65 bits per heavy atom. The van der Waals surface area contributed by atoms with Gasteiger partial charge in [-0.05, 0) is 36.1 Å². The minimum Gasteiger partial charge on any atom is -0.496 e. The van der Waals surface area contributed by atoms with Crippen molar-refractivity contribution in [2.24, 2.45) is 11.8 Å². The molecular formula is C27H38N4O6. The third kappa shape index (κ3) is 6.23. The summed E-state index contributed by atoms with van der Waals surface area (Å²) in [6.45, 7) is 7.91. The highest BCUT2D eigenvalue weighted by molar-refractivity contribution is 5.95. The van der Waals surface area contributed by atoms with Crippen molar-refractivity contribution in [2.75, 3.05) is 13.7 Å². The number of ether oxygens (including phenoxy) is 2. The molecule has 3 N–H and O–H groups in total. The van der Waals surface area contributed by atoms with E-state index in [4.69, 9.17) is 9.47 Å². The first-order valence-electron chi connectivity index (χ1n) is 12.9. The van der Waals surface area contributed by atoms with Crippen LogP contribution < -0.4 is 25.4 Å². The Morgan fingerprint density at radius 1 is 1.24 bits per heavy atom. The highest BCUT2D eigenvalue weighted by Gasteiger charge is 2.46. The second kappa shape index (κ2) is 12.6. The summed E-state index contributed by atoms with van der Waals surface area (Å²) in [6.07, 6.45) is 4.82. The fraction of sp³-hybridized carbons (Fsp3) is 0.556. The number of fused-ring (bicyclic) bond motifs is 3. The molecule has 4 amide bonds. The Balaban J connectivity index is 2.04. The number of benzene rings is 1. The van der Waals surface area contributed by atoms with Gasteiger partial charge in [-0.3, -0.25) is 19.2 Å². The summed E-state index contributed by atoms with van der Waals surface area (Å²) in [4.78, 5) is 53.2. The molecule has 1 aromatic rings. The fourth-order valence-electron chi connectivity index (χ4n) is 4.75. The predicted molar refractivity (Wildman–Crippen MR) is 139 cm³/mol. The summed E-state index contributed by atoms with van der Waals surface area (Å²) < 4.78 is 11.7. The molecule has 10 heteroatoms. The van der Waals surface area contributed by atoms with Crippen molar-refractivity contribution in [1.82, 2.24) is 20.9 Å². The van der Waals surface area contributed by atoms with Gasteiger partial charge < -0.3 is 30.3 Å². The van der Waals surface area contributed by atoms with E-state index in [9.17, 15) is 19.2 Å². The third-order valence-corrected chi connectivity index (χ3v) is 7.39.